The first kappa shape index (κ1) is 11.4. The Labute approximate surface area is 73.8 Å². The van der Waals surface area contributed by atoms with Gasteiger partial charge in [0.15, 0.2) is 0 Å². The molecule has 0 unspecified atom stereocenters. The predicted octanol–water partition coefficient (Wildman–Crippen LogP) is 3.81. The quantitative estimate of drug-likeness (QED) is 0.596. The Kier molecular flexibility index (Phi) is 4.01. The lowest BCUT2D eigenvalue weighted by Gasteiger charge is -2.49. The highest BCUT2D eigenvalue weighted by Gasteiger charge is 2.13. The zero-order valence-corrected chi connectivity index (χ0v) is 10.9. The molecular formula is C8H22NSi2-. The standard InChI is InChI=1S/C8H22NSi2/c1-7-10(3,4)9-11(5,6)8-2/h7-8H2,1-6H3/q-1. The van der Waals surface area contributed by atoms with E-state index in [0.717, 1.165) is 0 Å². The van der Waals surface area contributed by atoms with Crippen molar-refractivity contribution in [2.45, 2.75) is 52.1 Å². The average molecular weight is 188 g/mol. The van der Waals surface area contributed by atoms with Crippen LogP contribution in [0.25, 0.3) is 4.65 Å². The summed E-state index contributed by atoms with van der Waals surface area (Å²) in [6.07, 6.45) is 0. The van der Waals surface area contributed by atoms with Gasteiger partial charge >= 0.3 is 0 Å². The predicted molar refractivity (Wildman–Crippen MR) is 59.3 cm³/mol. The fourth-order valence-corrected chi connectivity index (χ4v) is 8.80. The first-order valence-corrected chi connectivity index (χ1v) is 10.9. The largest absolute Gasteiger partial charge is 0.667 e. The molecule has 0 heterocycles. The molecule has 0 saturated carbocycles. The molecule has 1 nitrogen and oxygen atoms in total. The molecule has 0 fully saturated rings. The third-order valence-electron chi connectivity index (χ3n) is 2.34. The molecule has 0 N–H and O–H groups in total. The number of hydrogen-bond donors (Lipinski definition) is 0. The van der Waals surface area contributed by atoms with Crippen LogP contribution in [0, 0.1) is 0 Å². The highest BCUT2D eigenvalue weighted by atomic mass is 28.4. The number of rotatable bonds is 4. The maximum atomic E-state index is 5.06. The molecule has 0 aliphatic heterocycles. The minimum absolute atomic E-state index is 1.15. The number of hydrogen-bond acceptors (Lipinski definition) is 0. The summed E-state index contributed by atoms with van der Waals surface area (Å²) in [7, 11) is -2.29. The Hall–Kier alpha value is 0.394. The van der Waals surface area contributed by atoms with Gasteiger partial charge < -0.3 is 4.65 Å². The van der Waals surface area contributed by atoms with E-state index < -0.39 is 16.5 Å². The summed E-state index contributed by atoms with van der Waals surface area (Å²) in [5.74, 6) is 0. The van der Waals surface area contributed by atoms with Gasteiger partial charge in [0.25, 0.3) is 0 Å². The van der Waals surface area contributed by atoms with Gasteiger partial charge in [-0.1, -0.05) is 68.6 Å². The van der Waals surface area contributed by atoms with Gasteiger partial charge in [-0.05, 0) is 0 Å². The SMILES string of the molecule is CC[Si](C)(C)[N-][Si](C)(C)CC. The van der Waals surface area contributed by atoms with Crippen molar-refractivity contribution in [2.75, 3.05) is 0 Å². The maximum absolute atomic E-state index is 5.06. The van der Waals surface area contributed by atoms with Gasteiger partial charge in [-0.2, -0.15) is 0 Å². The van der Waals surface area contributed by atoms with Crippen LogP contribution in [-0.4, -0.2) is 16.5 Å². The van der Waals surface area contributed by atoms with Crippen molar-refractivity contribution in [1.82, 2.24) is 0 Å². The molecule has 0 spiro atoms. The van der Waals surface area contributed by atoms with E-state index in [0.29, 0.717) is 0 Å². The van der Waals surface area contributed by atoms with Crippen LogP contribution in [0.4, 0.5) is 0 Å². The molecule has 0 rings (SSSR count). The summed E-state index contributed by atoms with van der Waals surface area (Å²) in [4.78, 5) is 0. The van der Waals surface area contributed by atoms with Crippen LogP contribution in [0.3, 0.4) is 0 Å². The van der Waals surface area contributed by atoms with Crippen LogP contribution < -0.4 is 0 Å². The summed E-state index contributed by atoms with van der Waals surface area (Å²) >= 11 is 0. The van der Waals surface area contributed by atoms with Crippen molar-refractivity contribution in [3.05, 3.63) is 4.65 Å². The lowest BCUT2D eigenvalue weighted by atomic mass is 11.0. The topological polar surface area (TPSA) is 14.1 Å². The van der Waals surface area contributed by atoms with Gasteiger partial charge in [0.2, 0.25) is 0 Å². The molecule has 0 aromatic carbocycles. The van der Waals surface area contributed by atoms with Gasteiger partial charge in [0, 0.05) is 0 Å². The van der Waals surface area contributed by atoms with Crippen molar-refractivity contribution < 1.29 is 0 Å². The van der Waals surface area contributed by atoms with Crippen LogP contribution in [-0.2, 0) is 0 Å². The van der Waals surface area contributed by atoms with Crippen molar-refractivity contribution in [2.24, 2.45) is 0 Å². The third-order valence-corrected chi connectivity index (χ3v) is 10.6. The molecule has 68 valence electrons. The third kappa shape index (κ3) is 4.77. The van der Waals surface area contributed by atoms with Gasteiger partial charge in [0.05, 0.1) is 0 Å². The van der Waals surface area contributed by atoms with Crippen LogP contribution in [0.15, 0.2) is 0 Å². The lowest BCUT2D eigenvalue weighted by Crippen LogP contribution is -2.37. The average Bonchev–Trinajstić information content (AvgIpc) is 1.86. The van der Waals surface area contributed by atoms with Crippen LogP contribution in [0.5, 0.6) is 0 Å². The summed E-state index contributed by atoms with van der Waals surface area (Å²) in [5, 5.41) is 0. The second-order valence-corrected chi connectivity index (χ2v) is 14.0. The second-order valence-electron chi connectivity index (χ2n) is 4.44. The molecule has 3 heteroatoms. The highest BCUT2D eigenvalue weighted by molar-refractivity contribution is 7.01. The molecule has 0 aromatic heterocycles. The summed E-state index contributed by atoms with van der Waals surface area (Å²) in [6, 6.07) is 2.59. The van der Waals surface area contributed by atoms with Gasteiger partial charge in [-0.25, -0.2) is 0 Å². The minimum atomic E-state index is -1.15. The maximum Gasteiger partial charge on any atom is -0.0657 e. The van der Waals surface area contributed by atoms with Gasteiger partial charge in [0.1, 0.15) is 0 Å². The summed E-state index contributed by atoms with van der Waals surface area (Å²) in [5.41, 5.74) is 0. The molecule has 0 aliphatic carbocycles. The van der Waals surface area contributed by atoms with E-state index in [9.17, 15) is 0 Å². The molecule has 11 heavy (non-hydrogen) atoms. The highest BCUT2D eigenvalue weighted by Crippen LogP contribution is 2.26. The minimum Gasteiger partial charge on any atom is -0.667 e. The van der Waals surface area contributed by atoms with Crippen LogP contribution >= 0.6 is 0 Å². The Bertz CT molecular complexity index is 107. The Morgan fingerprint density at radius 1 is 0.818 bits per heavy atom. The van der Waals surface area contributed by atoms with Gasteiger partial charge in [-0.15, -0.1) is 0 Å². The van der Waals surface area contributed by atoms with Crippen molar-refractivity contribution >= 4 is 16.5 Å². The molecule has 0 aromatic rings. The second kappa shape index (κ2) is 3.87. The van der Waals surface area contributed by atoms with E-state index in [1.165, 1.54) is 12.1 Å². The number of nitrogens with zero attached hydrogens (tertiary/aromatic N) is 1. The first-order valence-electron chi connectivity index (χ1n) is 4.57. The van der Waals surface area contributed by atoms with E-state index in [2.05, 4.69) is 40.0 Å². The van der Waals surface area contributed by atoms with Crippen molar-refractivity contribution in [3.63, 3.8) is 0 Å². The summed E-state index contributed by atoms with van der Waals surface area (Å²) in [6.45, 7) is 14.0. The fraction of sp³-hybridized carbons (Fsp3) is 1.00. The molecule has 0 saturated heterocycles. The van der Waals surface area contributed by atoms with Gasteiger partial charge in [-0.3, -0.25) is 0 Å². The fourth-order valence-electron chi connectivity index (χ4n) is 0.977. The van der Waals surface area contributed by atoms with Crippen LogP contribution in [0.1, 0.15) is 13.8 Å². The van der Waals surface area contributed by atoms with E-state index in [1.807, 2.05) is 0 Å². The Morgan fingerprint density at radius 3 is 1.27 bits per heavy atom. The molecule has 0 aliphatic rings. The Morgan fingerprint density at radius 2 is 1.09 bits per heavy atom. The zero-order valence-electron chi connectivity index (χ0n) is 8.86. The van der Waals surface area contributed by atoms with E-state index in [4.69, 9.17) is 4.65 Å². The van der Waals surface area contributed by atoms with E-state index >= 15 is 0 Å². The molecule has 0 bridgehead atoms. The molecular weight excluding hydrogens is 166 g/mol. The molecule has 0 radical (unpaired) electrons. The first-order chi connectivity index (χ1) is 4.83. The monoisotopic (exact) mass is 188 g/mol. The van der Waals surface area contributed by atoms with E-state index in [1.54, 1.807) is 0 Å². The molecule has 0 atom stereocenters. The van der Waals surface area contributed by atoms with Crippen LogP contribution in [0.2, 0.25) is 38.3 Å². The van der Waals surface area contributed by atoms with E-state index in [-0.39, 0.29) is 0 Å². The zero-order chi connectivity index (χ0) is 9.12. The normalized spacial score (nSPS) is 13.6. The molecule has 0 amide bonds. The summed E-state index contributed by atoms with van der Waals surface area (Å²) < 4.78 is 5.06. The smallest absolute Gasteiger partial charge is 0.0657 e. The lowest BCUT2D eigenvalue weighted by molar-refractivity contribution is 1.33. The Balaban J connectivity index is 4.02. The van der Waals surface area contributed by atoms with Crippen molar-refractivity contribution in [3.8, 4) is 0 Å². The van der Waals surface area contributed by atoms with Crippen molar-refractivity contribution in [1.29, 1.82) is 0 Å².